The van der Waals surface area contributed by atoms with Gasteiger partial charge in [0.15, 0.2) is 5.76 Å². The topological polar surface area (TPSA) is 59.0 Å². The smallest absolute Gasteiger partial charge is 0.303 e. The second kappa shape index (κ2) is 17.1. The molecule has 0 amide bonds. The molecule has 0 saturated carbocycles. The minimum Gasteiger partial charge on any atom is -0.497 e. The third-order valence-corrected chi connectivity index (χ3v) is 9.64. The maximum atomic E-state index is 12.1. The number of piperidine rings is 1. The number of carboxylic acid groups (broad SMARTS) is 1. The maximum absolute atomic E-state index is 12.1. The van der Waals surface area contributed by atoms with Gasteiger partial charge in [-0.15, -0.1) is 0 Å². The molecule has 228 valence electrons. The number of hydrogen-bond donors (Lipinski definition) is 1. The average molecular weight is 558 g/mol. The Bertz CT molecular complexity index is 886. The first kappa shape index (κ1) is 32.6. The van der Waals surface area contributed by atoms with Gasteiger partial charge in [-0.1, -0.05) is 91.4 Å². The molecular formula is C35H59NO4. The number of carboxylic acids is 1. The first-order valence-electron chi connectivity index (χ1n) is 16.6. The lowest BCUT2D eigenvalue weighted by molar-refractivity contribution is -0.139. The zero-order valence-corrected chi connectivity index (χ0v) is 26.4. The minimum absolute atomic E-state index is 0.250. The Balaban J connectivity index is 1.65. The molecule has 2 unspecified atom stereocenters. The van der Waals surface area contributed by atoms with E-state index in [9.17, 15) is 9.90 Å². The van der Waals surface area contributed by atoms with Crippen LogP contribution in [0.15, 0.2) is 34.4 Å². The summed E-state index contributed by atoms with van der Waals surface area (Å²) in [5, 5.41) is 9.93. The van der Waals surface area contributed by atoms with Crippen LogP contribution in [0.5, 0.6) is 0 Å². The number of nitrogens with zero attached hydrogens (tertiary/aromatic N) is 1. The number of hydrogen-bond acceptors (Lipinski definition) is 4. The molecule has 0 aromatic rings. The van der Waals surface area contributed by atoms with E-state index in [0.29, 0.717) is 24.2 Å². The SMILES string of the molecule is CCCCCCCCCCCCC[C@H](CC(=O)O)C1CC2=C3CC(OC)=C(OC)C=C3CCN2CC1CC(C)C. The molecule has 2 aliphatic heterocycles. The van der Waals surface area contributed by atoms with Crippen LogP contribution in [-0.2, 0) is 14.3 Å². The second-order valence-corrected chi connectivity index (χ2v) is 13.1. The fourth-order valence-corrected chi connectivity index (χ4v) is 7.56. The van der Waals surface area contributed by atoms with Gasteiger partial charge in [-0.2, -0.15) is 0 Å². The molecule has 0 radical (unpaired) electrons. The summed E-state index contributed by atoms with van der Waals surface area (Å²) in [7, 11) is 3.45. The van der Waals surface area contributed by atoms with Gasteiger partial charge in [-0.05, 0) is 66.6 Å². The van der Waals surface area contributed by atoms with Gasteiger partial charge in [0.2, 0.25) is 0 Å². The fourth-order valence-electron chi connectivity index (χ4n) is 7.56. The number of fused-ring (bicyclic) bond motifs is 2. The summed E-state index contributed by atoms with van der Waals surface area (Å²) in [4.78, 5) is 14.7. The number of aliphatic carboxylic acids is 1. The van der Waals surface area contributed by atoms with Crippen molar-refractivity contribution in [3.05, 3.63) is 34.4 Å². The molecule has 1 aliphatic carbocycles. The molecule has 5 heteroatoms. The van der Waals surface area contributed by atoms with E-state index in [0.717, 1.165) is 56.7 Å². The van der Waals surface area contributed by atoms with Gasteiger partial charge in [-0.3, -0.25) is 4.79 Å². The molecule has 2 heterocycles. The van der Waals surface area contributed by atoms with Crippen molar-refractivity contribution in [2.24, 2.45) is 23.7 Å². The number of ether oxygens (including phenoxy) is 2. The predicted molar refractivity (Wildman–Crippen MR) is 165 cm³/mol. The largest absolute Gasteiger partial charge is 0.497 e. The number of unbranched alkanes of at least 4 members (excludes halogenated alkanes) is 10. The van der Waals surface area contributed by atoms with Crippen molar-refractivity contribution < 1.29 is 19.4 Å². The number of rotatable bonds is 19. The van der Waals surface area contributed by atoms with Gasteiger partial charge in [0, 0.05) is 31.6 Å². The van der Waals surface area contributed by atoms with Gasteiger partial charge in [0.05, 0.1) is 14.2 Å². The molecule has 3 aliphatic rings. The molecule has 40 heavy (non-hydrogen) atoms. The van der Waals surface area contributed by atoms with Gasteiger partial charge in [0.1, 0.15) is 5.76 Å². The van der Waals surface area contributed by atoms with Crippen LogP contribution >= 0.6 is 0 Å². The van der Waals surface area contributed by atoms with Gasteiger partial charge >= 0.3 is 5.97 Å². The lowest BCUT2D eigenvalue weighted by Gasteiger charge is -2.48. The monoisotopic (exact) mass is 557 g/mol. The molecule has 1 fully saturated rings. The molecule has 3 rings (SSSR count). The Labute approximate surface area is 245 Å². The zero-order chi connectivity index (χ0) is 28.9. The van der Waals surface area contributed by atoms with Crippen LogP contribution in [0, 0.1) is 23.7 Å². The highest BCUT2D eigenvalue weighted by Crippen LogP contribution is 2.47. The Morgan fingerprint density at radius 1 is 1.00 bits per heavy atom. The van der Waals surface area contributed by atoms with E-state index >= 15 is 0 Å². The van der Waals surface area contributed by atoms with Crippen LogP contribution < -0.4 is 0 Å². The van der Waals surface area contributed by atoms with Crippen molar-refractivity contribution in [2.75, 3.05) is 27.3 Å². The second-order valence-electron chi connectivity index (χ2n) is 13.1. The molecule has 1 N–H and O–H groups in total. The molecule has 1 saturated heterocycles. The van der Waals surface area contributed by atoms with Crippen molar-refractivity contribution in [1.29, 1.82) is 0 Å². The first-order chi connectivity index (χ1) is 19.4. The minimum atomic E-state index is -0.632. The molecule has 0 bridgehead atoms. The van der Waals surface area contributed by atoms with E-state index in [1.54, 1.807) is 14.2 Å². The average Bonchev–Trinajstić information content (AvgIpc) is 2.93. The van der Waals surface area contributed by atoms with Crippen LogP contribution in [0.3, 0.4) is 0 Å². The highest BCUT2D eigenvalue weighted by Gasteiger charge is 2.40. The summed E-state index contributed by atoms with van der Waals surface area (Å²) in [6.45, 7) is 9.03. The van der Waals surface area contributed by atoms with Crippen LogP contribution in [0.2, 0.25) is 0 Å². The summed E-state index contributed by atoms with van der Waals surface area (Å²) < 4.78 is 11.4. The van der Waals surface area contributed by atoms with Gasteiger partial charge in [0.25, 0.3) is 0 Å². The van der Waals surface area contributed by atoms with Gasteiger partial charge < -0.3 is 19.5 Å². The zero-order valence-electron chi connectivity index (χ0n) is 26.4. The number of methoxy groups -OCH3 is 2. The standard InChI is InChI=1S/C35H59NO4/c1-6-7-8-9-10-11-12-13-14-15-16-17-27(22-35(37)38)30-23-32-31-24-34(40-5)33(39-4)21-28(31)18-19-36(32)25-29(30)20-26(2)3/h21,26-27,29-30H,6-20,22-25H2,1-5H3,(H,37,38)/t27-,29?,30?/m1/s1. The molecule has 3 atom stereocenters. The molecule has 0 spiro atoms. The predicted octanol–water partition coefficient (Wildman–Crippen LogP) is 9.25. The quantitative estimate of drug-likeness (QED) is 0.160. The van der Waals surface area contributed by atoms with Gasteiger partial charge in [-0.25, -0.2) is 0 Å². The van der Waals surface area contributed by atoms with E-state index in [4.69, 9.17) is 9.47 Å². The van der Waals surface area contributed by atoms with E-state index in [1.807, 2.05) is 0 Å². The Morgan fingerprint density at radius 2 is 1.65 bits per heavy atom. The molecule has 0 aromatic heterocycles. The van der Waals surface area contributed by atoms with Crippen molar-refractivity contribution in [2.45, 2.75) is 130 Å². The normalized spacial score (nSPS) is 21.8. The van der Waals surface area contributed by atoms with Crippen molar-refractivity contribution in [3.8, 4) is 0 Å². The lowest BCUT2D eigenvalue weighted by Crippen LogP contribution is -2.45. The van der Waals surface area contributed by atoms with Crippen molar-refractivity contribution >= 4 is 5.97 Å². The third kappa shape index (κ3) is 9.58. The van der Waals surface area contributed by atoms with Crippen LogP contribution in [0.1, 0.15) is 130 Å². The summed E-state index contributed by atoms with van der Waals surface area (Å²) >= 11 is 0. The van der Waals surface area contributed by atoms with Crippen molar-refractivity contribution in [1.82, 2.24) is 4.90 Å². The number of carbonyl (C=O) groups is 1. The Hall–Kier alpha value is -1.91. The lowest BCUT2D eigenvalue weighted by atomic mass is 9.68. The van der Waals surface area contributed by atoms with Crippen LogP contribution in [0.25, 0.3) is 0 Å². The highest BCUT2D eigenvalue weighted by molar-refractivity contribution is 5.67. The van der Waals surface area contributed by atoms with E-state index < -0.39 is 5.97 Å². The molecular weight excluding hydrogens is 498 g/mol. The van der Waals surface area contributed by atoms with E-state index in [1.165, 1.54) is 87.5 Å². The fraction of sp³-hybridized carbons (Fsp3) is 0.800. The number of allylic oxidation sites excluding steroid dienone is 3. The highest BCUT2D eigenvalue weighted by atomic mass is 16.5. The molecule has 0 aromatic carbocycles. The first-order valence-corrected chi connectivity index (χ1v) is 16.6. The summed E-state index contributed by atoms with van der Waals surface area (Å²) in [5.41, 5.74) is 4.23. The van der Waals surface area contributed by atoms with E-state index in [2.05, 4.69) is 31.7 Å². The summed E-state index contributed by atoms with van der Waals surface area (Å²) in [6, 6.07) is 0. The summed E-state index contributed by atoms with van der Waals surface area (Å²) in [5.74, 6) is 2.98. The van der Waals surface area contributed by atoms with Crippen molar-refractivity contribution in [3.63, 3.8) is 0 Å². The Kier molecular flexibility index (Phi) is 14.0. The Morgan fingerprint density at radius 3 is 2.23 bits per heavy atom. The third-order valence-electron chi connectivity index (χ3n) is 9.64. The van der Waals surface area contributed by atoms with E-state index in [-0.39, 0.29) is 5.92 Å². The maximum Gasteiger partial charge on any atom is 0.303 e. The van der Waals surface area contributed by atoms with Crippen LogP contribution in [0.4, 0.5) is 0 Å². The van der Waals surface area contributed by atoms with Crippen LogP contribution in [-0.4, -0.2) is 43.3 Å². The molecule has 5 nitrogen and oxygen atoms in total. The summed E-state index contributed by atoms with van der Waals surface area (Å²) in [6.07, 6.45) is 22.2.